The number of nitrogens with one attached hydrogen (secondary N) is 2. The minimum absolute atomic E-state index is 0. The molecule has 2 aromatic carbocycles. The van der Waals surface area contributed by atoms with Crippen molar-refractivity contribution < 1.29 is 4.39 Å². The summed E-state index contributed by atoms with van der Waals surface area (Å²) in [4.78, 5) is 8.89. The molecule has 7 heteroatoms. The number of guanidine groups is 1. The molecule has 0 aromatic heterocycles. The summed E-state index contributed by atoms with van der Waals surface area (Å²) in [6.45, 7) is 4.25. The van der Waals surface area contributed by atoms with Gasteiger partial charge in [-0.05, 0) is 63.3 Å². The van der Waals surface area contributed by atoms with E-state index in [0.29, 0.717) is 24.7 Å². The Labute approximate surface area is 203 Å². The first-order valence-electron chi connectivity index (χ1n) is 10.7. The fraction of sp³-hybridized carbons (Fsp3) is 0.458. The Bertz CT molecular complexity index is 822. The molecule has 3 rings (SSSR count). The highest BCUT2D eigenvalue weighted by molar-refractivity contribution is 14.0. The average Bonchev–Trinajstić information content (AvgIpc) is 3.27. The van der Waals surface area contributed by atoms with Crippen LogP contribution in [0.2, 0.25) is 0 Å². The Morgan fingerprint density at radius 1 is 1.10 bits per heavy atom. The van der Waals surface area contributed by atoms with Gasteiger partial charge in [-0.1, -0.05) is 36.4 Å². The highest BCUT2D eigenvalue weighted by Crippen LogP contribution is 2.24. The lowest BCUT2D eigenvalue weighted by Crippen LogP contribution is -2.42. The van der Waals surface area contributed by atoms with Gasteiger partial charge in [0.05, 0.1) is 6.04 Å². The van der Waals surface area contributed by atoms with E-state index >= 15 is 0 Å². The van der Waals surface area contributed by atoms with E-state index in [4.69, 9.17) is 0 Å². The Kier molecular flexibility index (Phi) is 10.7. The molecule has 1 aliphatic rings. The highest BCUT2D eigenvalue weighted by atomic mass is 127. The highest BCUT2D eigenvalue weighted by Gasteiger charge is 2.23. The van der Waals surface area contributed by atoms with Gasteiger partial charge in [-0.2, -0.15) is 0 Å². The zero-order valence-corrected chi connectivity index (χ0v) is 21.1. The molecule has 0 saturated carbocycles. The second kappa shape index (κ2) is 13.0. The van der Waals surface area contributed by atoms with Crippen molar-refractivity contribution in [2.45, 2.75) is 32.0 Å². The number of rotatable bonds is 8. The third-order valence-corrected chi connectivity index (χ3v) is 5.51. The standard InChI is InChI=1S/C24H34FN5.HI/c1-26-24(27-16-19-11-12-22(25)21(15-19)18-29(2)3)28-17-23(30-13-7-8-14-30)20-9-5-4-6-10-20;/h4-6,9-12,15,23H,7-8,13-14,16-18H2,1-3H3,(H2,26,27,28);1H. The van der Waals surface area contributed by atoms with Gasteiger partial charge in [-0.25, -0.2) is 4.39 Å². The molecule has 0 amide bonds. The number of benzene rings is 2. The number of hydrogen-bond donors (Lipinski definition) is 2. The van der Waals surface area contributed by atoms with Crippen LogP contribution in [-0.4, -0.2) is 56.5 Å². The molecule has 5 nitrogen and oxygen atoms in total. The van der Waals surface area contributed by atoms with Crippen LogP contribution in [0.5, 0.6) is 0 Å². The van der Waals surface area contributed by atoms with Crippen molar-refractivity contribution in [1.82, 2.24) is 20.4 Å². The minimum atomic E-state index is -0.161. The van der Waals surface area contributed by atoms with Gasteiger partial charge >= 0.3 is 0 Å². The van der Waals surface area contributed by atoms with E-state index in [-0.39, 0.29) is 29.8 Å². The lowest BCUT2D eigenvalue weighted by molar-refractivity contribution is 0.245. The lowest BCUT2D eigenvalue weighted by atomic mass is 10.1. The molecule has 1 unspecified atom stereocenters. The molecule has 1 atom stereocenters. The summed E-state index contributed by atoms with van der Waals surface area (Å²) in [6, 6.07) is 16.3. The van der Waals surface area contributed by atoms with E-state index in [1.54, 1.807) is 13.1 Å². The maximum absolute atomic E-state index is 14.0. The van der Waals surface area contributed by atoms with Gasteiger partial charge in [0.1, 0.15) is 5.82 Å². The smallest absolute Gasteiger partial charge is 0.191 e. The van der Waals surface area contributed by atoms with Gasteiger partial charge in [0.15, 0.2) is 5.96 Å². The molecule has 2 aromatic rings. The Hall–Kier alpha value is -1.71. The van der Waals surface area contributed by atoms with Crippen molar-refractivity contribution in [3.05, 3.63) is 71.0 Å². The first-order chi connectivity index (χ1) is 14.6. The third-order valence-electron chi connectivity index (χ3n) is 5.51. The van der Waals surface area contributed by atoms with Crippen molar-refractivity contribution in [1.29, 1.82) is 0 Å². The maximum Gasteiger partial charge on any atom is 0.191 e. The first kappa shape index (κ1) is 25.5. The zero-order valence-electron chi connectivity index (χ0n) is 18.8. The summed E-state index contributed by atoms with van der Waals surface area (Å²) in [6.07, 6.45) is 2.52. The topological polar surface area (TPSA) is 42.9 Å². The van der Waals surface area contributed by atoms with Crippen molar-refractivity contribution in [2.75, 3.05) is 40.8 Å². The summed E-state index contributed by atoms with van der Waals surface area (Å²) in [5.74, 6) is 0.597. The van der Waals surface area contributed by atoms with Crippen LogP contribution in [0.1, 0.15) is 35.6 Å². The number of nitrogens with zero attached hydrogens (tertiary/aromatic N) is 3. The second-order valence-corrected chi connectivity index (χ2v) is 8.14. The summed E-state index contributed by atoms with van der Waals surface area (Å²) in [7, 11) is 5.67. The molecular weight excluding hydrogens is 504 g/mol. The van der Waals surface area contributed by atoms with Crippen molar-refractivity contribution >= 4 is 29.9 Å². The van der Waals surface area contributed by atoms with Crippen molar-refractivity contribution in [2.24, 2.45) is 4.99 Å². The Balaban J connectivity index is 0.00000341. The van der Waals surface area contributed by atoms with Gasteiger partial charge in [-0.3, -0.25) is 9.89 Å². The SMILES string of the molecule is CN=C(NCc1ccc(F)c(CN(C)C)c1)NCC(c1ccccc1)N1CCCC1.I. The van der Waals surface area contributed by atoms with Crippen molar-refractivity contribution in [3.63, 3.8) is 0 Å². The first-order valence-corrected chi connectivity index (χ1v) is 10.7. The average molecular weight is 539 g/mol. The molecule has 0 radical (unpaired) electrons. The van der Waals surface area contributed by atoms with Gasteiger partial charge in [0.2, 0.25) is 0 Å². The quantitative estimate of drug-likeness (QED) is 0.303. The Morgan fingerprint density at radius 2 is 1.81 bits per heavy atom. The van der Waals surface area contributed by atoms with E-state index < -0.39 is 0 Å². The van der Waals surface area contributed by atoms with Crippen LogP contribution in [0, 0.1) is 5.82 Å². The summed E-state index contributed by atoms with van der Waals surface area (Å²) < 4.78 is 14.0. The molecule has 170 valence electrons. The Morgan fingerprint density at radius 3 is 2.45 bits per heavy atom. The van der Waals surface area contributed by atoms with Crippen LogP contribution in [0.3, 0.4) is 0 Å². The summed E-state index contributed by atoms with van der Waals surface area (Å²) in [5.41, 5.74) is 3.07. The van der Waals surface area contributed by atoms with E-state index in [1.807, 2.05) is 31.1 Å². The van der Waals surface area contributed by atoms with Crippen LogP contribution < -0.4 is 10.6 Å². The molecule has 1 saturated heterocycles. The molecule has 1 heterocycles. The molecule has 1 aliphatic heterocycles. The van der Waals surface area contributed by atoms with Gasteiger partial charge in [0.25, 0.3) is 0 Å². The fourth-order valence-electron chi connectivity index (χ4n) is 3.99. The van der Waals surface area contributed by atoms with E-state index in [1.165, 1.54) is 18.4 Å². The maximum atomic E-state index is 14.0. The van der Waals surface area contributed by atoms with E-state index in [0.717, 1.165) is 31.2 Å². The molecule has 0 aliphatic carbocycles. The summed E-state index contributed by atoms with van der Waals surface area (Å²) in [5, 5.41) is 6.86. The van der Waals surface area contributed by atoms with Gasteiger partial charge < -0.3 is 15.5 Å². The molecule has 2 N–H and O–H groups in total. The molecule has 31 heavy (non-hydrogen) atoms. The molecule has 0 spiro atoms. The van der Waals surface area contributed by atoms with Crippen LogP contribution in [0.15, 0.2) is 53.5 Å². The van der Waals surface area contributed by atoms with Crippen molar-refractivity contribution in [3.8, 4) is 0 Å². The van der Waals surface area contributed by atoms with Gasteiger partial charge in [-0.15, -0.1) is 24.0 Å². The second-order valence-electron chi connectivity index (χ2n) is 8.14. The normalized spacial score (nSPS) is 15.6. The van der Waals surface area contributed by atoms with Gasteiger partial charge in [0, 0.05) is 32.2 Å². The van der Waals surface area contributed by atoms with Crippen LogP contribution in [0.25, 0.3) is 0 Å². The van der Waals surface area contributed by atoms with Crippen LogP contribution in [-0.2, 0) is 13.1 Å². The molecule has 1 fully saturated rings. The number of aliphatic imine (C=N–C) groups is 1. The predicted octanol–water partition coefficient (Wildman–Crippen LogP) is 4.01. The van der Waals surface area contributed by atoms with Crippen LogP contribution >= 0.6 is 24.0 Å². The van der Waals surface area contributed by atoms with Crippen LogP contribution in [0.4, 0.5) is 4.39 Å². The largest absolute Gasteiger partial charge is 0.354 e. The fourth-order valence-corrected chi connectivity index (χ4v) is 3.99. The molecule has 0 bridgehead atoms. The third kappa shape index (κ3) is 7.73. The number of hydrogen-bond acceptors (Lipinski definition) is 3. The molecular formula is C24H35FIN5. The predicted molar refractivity (Wildman–Crippen MR) is 137 cm³/mol. The zero-order chi connectivity index (χ0) is 21.3. The van der Waals surface area contributed by atoms with E-state index in [9.17, 15) is 4.39 Å². The number of halogens is 2. The lowest BCUT2D eigenvalue weighted by Gasteiger charge is -2.29. The van der Waals surface area contributed by atoms with E-state index in [2.05, 4.69) is 50.9 Å². The number of likely N-dealkylation sites (tertiary alicyclic amines) is 1. The summed E-state index contributed by atoms with van der Waals surface area (Å²) >= 11 is 0. The monoisotopic (exact) mass is 539 g/mol. The minimum Gasteiger partial charge on any atom is -0.354 e.